The summed E-state index contributed by atoms with van der Waals surface area (Å²) < 4.78 is 5.51. The zero-order chi connectivity index (χ0) is 12.4. The van der Waals surface area contributed by atoms with Crippen LogP contribution in [0.4, 0.5) is 5.69 Å². The molecule has 4 nitrogen and oxygen atoms in total. The van der Waals surface area contributed by atoms with Crippen molar-refractivity contribution < 1.29 is 9.53 Å². The number of nitrogens with zero attached hydrogens (tertiary/aromatic N) is 1. The number of carbonyl (C=O) groups is 1. The molecule has 1 saturated heterocycles. The van der Waals surface area contributed by atoms with E-state index in [1.54, 1.807) is 0 Å². The molecule has 1 atom stereocenters. The summed E-state index contributed by atoms with van der Waals surface area (Å²) in [6.45, 7) is 3.08. The molecule has 2 aliphatic rings. The SMILES string of the molecule is Cl.O=C([C@H]1CCCO1)N1CCNCc2ccccc21. The van der Waals surface area contributed by atoms with E-state index in [1.165, 1.54) is 5.56 Å². The fraction of sp³-hybridized carbons (Fsp3) is 0.500. The second-order valence-electron chi connectivity index (χ2n) is 4.80. The summed E-state index contributed by atoms with van der Waals surface area (Å²) in [5.74, 6) is 0.114. The Balaban J connectivity index is 0.00000133. The maximum absolute atomic E-state index is 12.5. The Kier molecular flexibility index (Phi) is 4.80. The summed E-state index contributed by atoms with van der Waals surface area (Å²) in [4.78, 5) is 14.4. The standard InChI is InChI=1S/C14H18N2O2.ClH/c17-14(13-6-3-9-18-13)16-8-7-15-10-11-4-1-2-5-12(11)16;/h1-2,4-5,13,15H,3,6-10H2;1H/t13-;/m1./s1. The molecule has 2 aliphatic heterocycles. The first-order valence-electron chi connectivity index (χ1n) is 6.58. The molecule has 0 spiro atoms. The van der Waals surface area contributed by atoms with Gasteiger partial charge in [-0.15, -0.1) is 12.4 Å². The molecule has 1 aromatic rings. The number of ether oxygens (including phenoxy) is 1. The fourth-order valence-electron chi connectivity index (χ4n) is 2.63. The average molecular weight is 283 g/mol. The molecule has 2 heterocycles. The zero-order valence-electron chi connectivity index (χ0n) is 10.8. The molecule has 1 aromatic carbocycles. The lowest BCUT2D eigenvalue weighted by molar-refractivity contribution is -0.127. The number of benzene rings is 1. The molecule has 1 N–H and O–H groups in total. The lowest BCUT2D eigenvalue weighted by Crippen LogP contribution is -2.41. The smallest absolute Gasteiger partial charge is 0.256 e. The van der Waals surface area contributed by atoms with Crippen molar-refractivity contribution in [2.24, 2.45) is 0 Å². The second-order valence-corrected chi connectivity index (χ2v) is 4.80. The van der Waals surface area contributed by atoms with Crippen LogP contribution in [0.15, 0.2) is 24.3 Å². The van der Waals surface area contributed by atoms with Crippen LogP contribution in [0.2, 0.25) is 0 Å². The minimum Gasteiger partial charge on any atom is -0.368 e. The van der Waals surface area contributed by atoms with Gasteiger partial charge in [-0.3, -0.25) is 4.79 Å². The van der Waals surface area contributed by atoms with Crippen molar-refractivity contribution in [2.45, 2.75) is 25.5 Å². The number of rotatable bonds is 1. The van der Waals surface area contributed by atoms with Crippen LogP contribution < -0.4 is 10.2 Å². The molecule has 0 bridgehead atoms. The van der Waals surface area contributed by atoms with Gasteiger partial charge in [-0.05, 0) is 24.5 Å². The normalized spacial score (nSPS) is 22.3. The van der Waals surface area contributed by atoms with Crippen LogP contribution >= 0.6 is 12.4 Å². The number of hydrogen-bond donors (Lipinski definition) is 1. The fourth-order valence-corrected chi connectivity index (χ4v) is 2.63. The number of anilines is 1. The zero-order valence-corrected chi connectivity index (χ0v) is 11.6. The Labute approximate surface area is 119 Å². The van der Waals surface area contributed by atoms with E-state index in [9.17, 15) is 4.79 Å². The quantitative estimate of drug-likeness (QED) is 0.853. The summed E-state index contributed by atoms with van der Waals surface area (Å²) in [6, 6.07) is 8.10. The summed E-state index contributed by atoms with van der Waals surface area (Å²) in [5.41, 5.74) is 2.21. The maximum Gasteiger partial charge on any atom is 0.256 e. The van der Waals surface area contributed by atoms with E-state index in [4.69, 9.17) is 4.74 Å². The van der Waals surface area contributed by atoms with Crippen molar-refractivity contribution in [1.29, 1.82) is 0 Å². The van der Waals surface area contributed by atoms with E-state index < -0.39 is 0 Å². The summed E-state index contributed by atoms with van der Waals surface area (Å²) >= 11 is 0. The first-order valence-corrected chi connectivity index (χ1v) is 6.58. The largest absolute Gasteiger partial charge is 0.368 e. The van der Waals surface area contributed by atoms with Gasteiger partial charge in [-0.25, -0.2) is 0 Å². The van der Waals surface area contributed by atoms with Gasteiger partial charge >= 0.3 is 0 Å². The van der Waals surface area contributed by atoms with Gasteiger partial charge < -0.3 is 15.0 Å². The highest BCUT2D eigenvalue weighted by molar-refractivity contribution is 5.97. The minimum absolute atomic E-state index is 0. The molecule has 1 amide bonds. The molecule has 0 aliphatic carbocycles. The van der Waals surface area contributed by atoms with Crippen molar-refractivity contribution in [3.05, 3.63) is 29.8 Å². The number of carbonyl (C=O) groups excluding carboxylic acids is 1. The van der Waals surface area contributed by atoms with Crippen molar-refractivity contribution in [1.82, 2.24) is 5.32 Å². The number of nitrogens with one attached hydrogen (secondary N) is 1. The number of halogens is 1. The Morgan fingerprint density at radius 3 is 3.00 bits per heavy atom. The van der Waals surface area contributed by atoms with Gasteiger partial charge in [0.1, 0.15) is 6.10 Å². The molecule has 0 unspecified atom stereocenters. The summed E-state index contributed by atoms with van der Waals surface area (Å²) in [5, 5.41) is 3.34. The van der Waals surface area contributed by atoms with Gasteiger partial charge in [-0.2, -0.15) is 0 Å². The van der Waals surface area contributed by atoms with Crippen molar-refractivity contribution in [2.75, 3.05) is 24.6 Å². The highest BCUT2D eigenvalue weighted by Crippen LogP contribution is 2.25. The van der Waals surface area contributed by atoms with Crippen LogP contribution in [0.5, 0.6) is 0 Å². The van der Waals surface area contributed by atoms with Gasteiger partial charge in [0.15, 0.2) is 0 Å². The number of hydrogen-bond acceptors (Lipinski definition) is 3. The third kappa shape index (κ3) is 2.91. The van der Waals surface area contributed by atoms with Crippen LogP contribution in [0.25, 0.3) is 0 Å². The topological polar surface area (TPSA) is 41.6 Å². The van der Waals surface area contributed by atoms with Crippen molar-refractivity contribution >= 4 is 24.0 Å². The van der Waals surface area contributed by atoms with E-state index in [0.717, 1.165) is 38.2 Å². The molecule has 0 aromatic heterocycles. The van der Waals surface area contributed by atoms with Crippen LogP contribution in [-0.2, 0) is 16.1 Å². The highest BCUT2D eigenvalue weighted by atomic mass is 35.5. The molecule has 5 heteroatoms. The van der Waals surface area contributed by atoms with Crippen LogP contribution in [0.1, 0.15) is 18.4 Å². The molecule has 3 rings (SSSR count). The lowest BCUT2D eigenvalue weighted by Gasteiger charge is -2.25. The first kappa shape index (κ1) is 14.3. The number of para-hydroxylation sites is 1. The molecule has 0 radical (unpaired) electrons. The molecule has 19 heavy (non-hydrogen) atoms. The van der Waals surface area contributed by atoms with Gasteiger partial charge in [0.05, 0.1) is 0 Å². The monoisotopic (exact) mass is 282 g/mol. The molecule has 0 saturated carbocycles. The summed E-state index contributed by atoms with van der Waals surface area (Å²) in [7, 11) is 0. The Morgan fingerprint density at radius 2 is 2.21 bits per heavy atom. The minimum atomic E-state index is -0.240. The number of amides is 1. The predicted molar refractivity (Wildman–Crippen MR) is 76.7 cm³/mol. The van der Waals surface area contributed by atoms with Crippen LogP contribution in [-0.4, -0.2) is 31.7 Å². The van der Waals surface area contributed by atoms with Gasteiger partial charge in [0.2, 0.25) is 0 Å². The van der Waals surface area contributed by atoms with E-state index >= 15 is 0 Å². The lowest BCUT2D eigenvalue weighted by atomic mass is 10.1. The number of fused-ring (bicyclic) bond motifs is 1. The van der Waals surface area contributed by atoms with Gasteiger partial charge in [0, 0.05) is 31.9 Å². The van der Waals surface area contributed by atoms with E-state index in [-0.39, 0.29) is 24.4 Å². The van der Waals surface area contributed by atoms with Gasteiger partial charge in [-0.1, -0.05) is 18.2 Å². The Bertz CT molecular complexity index is 447. The third-order valence-electron chi connectivity index (χ3n) is 3.58. The van der Waals surface area contributed by atoms with E-state index in [0.29, 0.717) is 6.61 Å². The van der Waals surface area contributed by atoms with Gasteiger partial charge in [0.25, 0.3) is 5.91 Å². The van der Waals surface area contributed by atoms with Crippen LogP contribution in [0.3, 0.4) is 0 Å². The first-order chi connectivity index (χ1) is 8.86. The molecular formula is C14H19ClN2O2. The molecule has 1 fully saturated rings. The maximum atomic E-state index is 12.5. The second kappa shape index (κ2) is 6.37. The summed E-state index contributed by atoms with van der Waals surface area (Å²) in [6.07, 6.45) is 1.60. The molecule has 104 valence electrons. The average Bonchev–Trinajstić information content (AvgIpc) is 2.85. The van der Waals surface area contributed by atoms with Crippen molar-refractivity contribution in [3.8, 4) is 0 Å². The Hall–Kier alpha value is -1.10. The van der Waals surface area contributed by atoms with Crippen LogP contribution in [0, 0.1) is 0 Å². The Morgan fingerprint density at radius 1 is 1.37 bits per heavy atom. The predicted octanol–water partition coefficient (Wildman–Crippen LogP) is 1.72. The molecular weight excluding hydrogens is 264 g/mol. The van der Waals surface area contributed by atoms with Crippen molar-refractivity contribution in [3.63, 3.8) is 0 Å². The third-order valence-corrected chi connectivity index (χ3v) is 3.58. The van der Waals surface area contributed by atoms with E-state index in [2.05, 4.69) is 11.4 Å². The highest BCUT2D eigenvalue weighted by Gasteiger charge is 2.30. The van der Waals surface area contributed by atoms with E-state index in [1.807, 2.05) is 23.1 Å².